The number of Topliss-reactive ketones (excluding diaryl/α,β-unsaturated/α-hetero) is 1. The van der Waals surface area contributed by atoms with Gasteiger partial charge in [0.15, 0.2) is 5.78 Å². The summed E-state index contributed by atoms with van der Waals surface area (Å²) in [7, 11) is 0. The van der Waals surface area contributed by atoms with Crippen LogP contribution in [0.2, 0.25) is 0 Å². The van der Waals surface area contributed by atoms with Crippen LogP contribution in [0.3, 0.4) is 0 Å². The summed E-state index contributed by atoms with van der Waals surface area (Å²) < 4.78 is 0. The fourth-order valence-corrected chi connectivity index (χ4v) is 2.01. The Morgan fingerprint density at radius 1 is 1.27 bits per heavy atom. The van der Waals surface area contributed by atoms with Gasteiger partial charge >= 0.3 is 0 Å². The number of benzene rings is 1. The molecule has 0 amide bonds. The molecule has 0 radical (unpaired) electrons. The maximum Gasteiger partial charge on any atom is 0.163 e. The van der Waals surface area contributed by atoms with E-state index in [0.717, 1.165) is 23.7 Å². The number of rotatable bonds is 5. The average molecular weight is 269 g/mol. The molecule has 0 N–H and O–H groups in total. The van der Waals surface area contributed by atoms with Crippen LogP contribution in [-0.4, -0.2) is 11.1 Å². The molecule has 82 valence electrons. The summed E-state index contributed by atoms with van der Waals surface area (Å²) in [5.41, 5.74) is 3.39. The minimum atomic E-state index is 0.242. The molecule has 1 nitrogen and oxygen atoms in total. The van der Waals surface area contributed by atoms with Crippen LogP contribution in [0.1, 0.15) is 41.8 Å². The Kier molecular flexibility index (Phi) is 5.03. The minimum absolute atomic E-state index is 0.242. The largest absolute Gasteiger partial charge is 0.294 e. The first kappa shape index (κ1) is 12.4. The number of alkyl halides is 1. The summed E-state index contributed by atoms with van der Waals surface area (Å²) in [6.45, 7) is 4.23. The maximum atomic E-state index is 11.8. The summed E-state index contributed by atoms with van der Waals surface area (Å²) in [6.07, 6.45) is 2.54. The summed E-state index contributed by atoms with van der Waals surface area (Å²) in [5.74, 6) is 0.242. The Bertz CT molecular complexity index is 344. The van der Waals surface area contributed by atoms with Gasteiger partial charge in [-0.15, -0.1) is 0 Å². The Morgan fingerprint density at radius 3 is 2.53 bits per heavy atom. The van der Waals surface area contributed by atoms with Gasteiger partial charge in [0.1, 0.15) is 0 Å². The van der Waals surface area contributed by atoms with Crippen LogP contribution in [-0.2, 0) is 12.8 Å². The van der Waals surface area contributed by atoms with Crippen molar-refractivity contribution in [3.05, 3.63) is 34.9 Å². The molecular weight excluding hydrogens is 252 g/mol. The molecular formula is C13H17BrO. The Labute approximate surface area is 100 Å². The lowest BCUT2D eigenvalue weighted by atomic mass is 9.97. The van der Waals surface area contributed by atoms with Gasteiger partial charge in [-0.05, 0) is 24.0 Å². The molecule has 0 atom stereocenters. The first-order valence-corrected chi connectivity index (χ1v) is 6.56. The van der Waals surface area contributed by atoms with Crippen molar-refractivity contribution in [1.29, 1.82) is 0 Å². The third-order valence-electron chi connectivity index (χ3n) is 2.58. The molecule has 0 aliphatic rings. The third kappa shape index (κ3) is 3.16. The molecule has 0 fully saturated rings. The quantitative estimate of drug-likeness (QED) is 0.587. The fraction of sp³-hybridized carbons (Fsp3) is 0.462. The second kappa shape index (κ2) is 6.06. The third-order valence-corrected chi connectivity index (χ3v) is 2.98. The van der Waals surface area contributed by atoms with E-state index in [1.54, 1.807) is 0 Å². The first-order chi connectivity index (χ1) is 7.22. The van der Waals surface area contributed by atoms with Gasteiger partial charge in [0, 0.05) is 17.3 Å². The predicted octanol–water partition coefficient (Wildman–Crippen LogP) is 3.78. The minimum Gasteiger partial charge on any atom is -0.294 e. The number of carbonyl (C=O) groups is 1. The number of ketones is 1. The number of aryl methyl sites for hydroxylation is 2. The van der Waals surface area contributed by atoms with Crippen LogP contribution in [0.5, 0.6) is 0 Å². The molecule has 1 aromatic carbocycles. The Hall–Kier alpha value is -0.630. The van der Waals surface area contributed by atoms with E-state index in [1.165, 1.54) is 11.1 Å². The highest BCUT2D eigenvalue weighted by molar-refractivity contribution is 9.09. The number of halogens is 1. The maximum absolute atomic E-state index is 11.8. The normalized spacial score (nSPS) is 10.3. The van der Waals surface area contributed by atoms with E-state index in [0.29, 0.717) is 6.42 Å². The SMILES string of the molecule is CCc1ccc(C(=O)CCBr)c(CC)c1. The van der Waals surface area contributed by atoms with Crippen LogP contribution in [0.25, 0.3) is 0 Å². The molecule has 0 saturated heterocycles. The van der Waals surface area contributed by atoms with Crippen molar-refractivity contribution in [3.63, 3.8) is 0 Å². The van der Waals surface area contributed by atoms with Gasteiger partial charge in [-0.1, -0.05) is 48.0 Å². The highest BCUT2D eigenvalue weighted by atomic mass is 79.9. The molecule has 1 aromatic rings. The summed E-state index contributed by atoms with van der Waals surface area (Å²) in [5, 5.41) is 0.741. The van der Waals surface area contributed by atoms with Crippen molar-refractivity contribution >= 4 is 21.7 Å². The lowest BCUT2D eigenvalue weighted by molar-refractivity contribution is 0.0989. The summed E-state index contributed by atoms with van der Waals surface area (Å²) in [6, 6.07) is 6.19. The zero-order chi connectivity index (χ0) is 11.3. The van der Waals surface area contributed by atoms with Crippen molar-refractivity contribution in [2.75, 3.05) is 5.33 Å². The van der Waals surface area contributed by atoms with E-state index in [2.05, 4.69) is 41.9 Å². The highest BCUT2D eigenvalue weighted by Crippen LogP contribution is 2.16. The van der Waals surface area contributed by atoms with Crippen LogP contribution in [0.4, 0.5) is 0 Å². The topological polar surface area (TPSA) is 17.1 Å². The molecule has 0 aliphatic heterocycles. The second-order valence-electron chi connectivity index (χ2n) is 3.56. The van der Waals surface area contributed by atoms with Gasteiger partial charge in [-0.2, -0.15) is 0 Å². The van der Waals surface area contributed by atoms with E-state index in [-0.39, 0.29) is 5.78 Å². The smallest absolute Gasteiger partial charge is 0.163 e. The van der Waals surface area contributed by atoms with Gasteiger partial charge in [0.2, 0.25) is 0 Å². The van der Waals surface area contributed by atoms with E-state index >= 15 is 0 Å². The fourth-order valence-electron chi connectivity index (χ4n) is 1.65. The van der Waals surface area contributed by atoms with Gasteiger partial charge in [0.25, 0.3) is 0 Å². The van der Waals surface area contributed by atoms with Crippen LogP contribution in [0, 0.1) is 0 Å². The average Bonchev–Trinajstić information content (AvgIpc) is 2.28. The van der Waals surface area contributed by atoms with Gasteiger partial charge in [-0.25, -0.2) is 0 Å². The van der Waals surface area contributed by atoms with Crippen LogP contribution >= 0.6 is 15.9 Å². The lowest BCUT2D eigenvalue weighted by Gasteiger charge is -2.08. The van der Waals surface area contributed by atoms with Crippen LogP contribution < -0.4 is 0 Å². The number of hydrogen-bond donors (Lipinski definition) is 0. The van der Waals surface area contributed by atoms with Crippen molar-refractivity contribution < 1.29 is 4.79 Å². The van der Waals surface area contributed by atoms with E-state index in [4.69, 9.17) is 0 Å². The van der Waals surface area contributed by atoms with Gasteiger partial charge in [0.05, 0.1) is 0 Å². The molecule has 2 heteroatoms. The van der Waals surface area contributed by atoms with Crippen molar-refractivity contribution in [2.24, 2.45) is 0 Å². The Balaban J connectivity index is 3.02. The standard InChI is InChI=1S/C13H17BrO/c1-3-10-5-6-12(11(4-2)9-10)13(15)7-8-14/h5-6,9H,3-4,7-8H2,1-2H3. The number of hydrogen-bond acceptors (Lipinski definition) is 1. The molecule has 0 spiro atoms. The Morgan fingerprint density at radius 2 is 2.00 bits per heavy atom. The monoisotopic (exact) mass is 268 g/mol. The highest BCUT2D eigenvalue weighted by Gasteiger charge is 2.09. The zero-order valence-corrected chi connectivity index (χ0v) is 10.9. The summed E-state index contributed by atoms with van der Waals surface area (Å²) >= 11 is 3.30. The molecule has 0 unspecified atom stereocenters. The summed E-state index contributed by atoms with van der Waals surface area (Å²) in [4.78, 5) is 11.8. The van der Waals surface area contributed by atoms with Gasteiger partial charge in [-0.3, -0.25) is 4.79 Å². The molecule has 0 saturated carbocycles. The van der Waals surface area contributed by atoms with E-state index in [9.17, 15) is 4.79 Å². The van der Waals surface area contributed by atoms with Crippen molar-refractivity contribution in [1.82, 2.24) is 0 Å². The molecule has 0 aliphatic carbocycles. The zero-order valence-electron chi connectivity index (χ0n) is 9.35. The van der Waals surface area contributed by atoms with Crippen molar-refractivity contribution in [2.45, 2.75) is 33.1 Å². The van der Waals surface area contributed by atoms with Crippen molar-refractivity contribution in [3.8, 4) is 0 Å². The molecule has 1 rings (SSSR count). The lowest BCUT2D eigenvalue weighted by Crippen LogP contribution is -2.04. The van der Waals surface area contributed by atoms with Crippen LogP contribution in [0.15, 0.2) is 18.2 Å². The van der Waals surface area contributed by atoms with E-state index in [1.807, 2.05) is 6.07 Å². The second-order valence-corrected chi connectivity index (χ2v) is 4.35. The number of carbonyl (C=O) groups excluding carboxylic acids is 1. The molecule has 0 aromatic heterocycles. The molecule has 0 bridgehead atoms. The van der Waals surface area contributed by atoms with Gasteiger partial charge < -0.3 is 0 Å². The molecule has 15 heavy (non-hydrogen) atoms. The first-order valence-electron chi connectivity index (χ1n) is 5.43. The van der Waals surface area contributed by atoms with E-state index < -0.39 is 0 Å². The molecule has 0 heterocycles. The predicted molar refractivity (Wildman–Crippen MR) is 67.9 cm³/mol.